The van der Waals surface area contributed by atoms with Gasteiger partial charge < -0.3 is 9.64 Å². The average molecular weight is 388 g/mol. The summed E-state index contributed by atoms with van der Waals surface area (Å²) in [5.41, 5.74) is 1.99. The molecular weight excluding hydrogens is 366 g/mol. The molecule has 3 nitrogen and oxygen atoms in total. The molecule has 136 valence electrons. The van der Waals surface area contributed by atoms with Gasteiger partial charge in [-0.1, -0.05) is 35.9 Å². The van der Waals surface area contributed by atoms with Crippen LogP contribution in [0.2, 0.25) is 5.02 Å². The molecule has 0 spiro atoms. The summed E-state index contributed by atoms with van der Waals surface area (Å²) < 4.78 is 5.67. The summed E-state index contributed by atoms with van der Waals surface area (Å²) >= 11 is 8.12. The Kier molecular flexibility index (Phi) is 5.53. The molecule has 0 N–H and O–H groups in total. The Hall–Kier alpha value is -1.49. The molecular formula is C21H22ClNO2S. The molecule has 2 aliphatic heterocycles. The topological polar surface area (TPSA) is 29.5 Å². The third-order valence-corrected chi connectivity index (χ3v) is 6.50. The lowest BCUT2D eigenvalue weighted by Crippen LogP contribution is -2.23. The zero-order valence-corrected chi connectivity index (χ0v) is 16.2. The molecule has 0 amide bonds. The van der Waals surface area contributed by atoms with E-state index in [4.69, 9.17) is 16.3 Å². The van der Waals surface area contributed by atoms with Crippen molar-refractivity contribution in [3.63, 3.8) is 0 Å². The highest BCUT2D eigenvalue weighted by atomic mass is 35.5. The van der Waals surface area contributed by atoms with Crippen LogP contribution in [-0.4, -0.2) is 42.7 Å². The standard InChI is InChI=1S/C21H22ClNO2S/c22-18-4-2-1-3-17(18)16-7-9-23(14-16)10-8-19(24)15-5-6-21-20(13-15)25-11-12-26-21/h1-6,13,16H,7-12,14H2. The fourth-order valence-electron chi connectivity index (χ4n) is 3.72. The molecule has 1 atom stereocenters. The van der Waals surface area contributed by atoms with E-state index in [1.807, 2.05) is 36.4 Å². The molecule has 0 aromatic heterocycles. The number of rotatable bonds is 5. The van der Waals surface area contributed by atoms with Gasteiger partial charge in [0, 0.05) is 40.7 Å². The Morgan fingerprint density at radius 3 is 3.04 bits per heavy atom. The summed E-state index contributed by atoms with van der Waals surface area (Å²) in [6.07, 6.45) is 1.64. The maximum atomic E-state index is 12.6. The van der Waals surface area contributed by atoms with Crippen molar-refractivity contribution in [3.05, 3.63) is 58.6 Å². The minimum Gasteiger partial charge on any atom is -0.492 e. The number of carbonyl (C=O) groups is 1. The smallest absolute Gasteiger partial charge is 0.164 e. The second-order valence-corrected chi connectivity index (χ2v) is 8.38. The number of likely N-dealkylation sites (tertiary alicyclic amines) is 1. The first-order valence-electron chi connectivity index (χ1n) is 9.10. The van der Waals surface area contributed by atoms with E-state index in [0.29, 0.717) is 18.9 Å². The Bertz CT molecular complexity index is 810. The number of ether oxygens (including phenoxy) is 1. The number of hydrogen-bond acceptors (Lipinski definition) is 4. The van der Waals surface area contributed by atoms with E-state index in [2.05, 4.69) is 11.0 Å². The zero-order valence-electron chi connectivity index (χ0n) is 14.6. The van der Waals surface area contributed by atoms with E-state index in [1.54, 1.807) is 11.8 Å². The van der Waals surface area contributed by atoms with Gasteiger partial charge >= 0.3 is 0 Å². The van der Waals surface area contributed by atoms with Gasteiger partial charge in [0.25, 0.3) is 0 Å². The van der Waals surface area contributed by atoms with E-state index >= 15 is 0 Å². The van der Waals surface area contributed by atoms with Crippen LogP contribution in [0.15, 0.2) is 47.4 Å². The van der Waals surface area contributed by atoms with Gasteiger partial charge in [-0.15, -0.1) is 11.8 Å². The van der Waals surface area contributed by atoms with Crippen molar-refractivity contribution in [1.82, 2.24) is 4.90 Å². The Balaban J connectivity index is 1.33. The molecule has 1 fully saturated rings. The van der Waals surface area contributed by atoms with Crippen molar-refractivity contribution in [1.29, 1.82) is 0 Å². The van der Waals surface area contributed by atoms with Crippen LogP contribution in [0.5, 0.6) is 5.75 Å². The van der Waals surface area contributed by atoms with E-state index < -0.39 is 0 Å². The summed E-state index contributed by atoms with van der Waals surface area (Å²) in [6.45, 7) is 3.51. The van der Waals surface area contributed by atoms with Crippen molar-refractivity contribution in [2.45, 2.75) is 23.7 Å². The average Bonchev–Trinajstić information content (AvgIpc) is 3.15. The number of fused-ring (bicyclic) bond motifs is 1. The highest BCUT2D eigenvalue weighted by Crippen LogP contribution is 2.34. The van der Waals surface area contributed by atoms with Crippen LogP contribution in [0.1, 0.15) is 34.7 Å². The molecule has 0 saturated carbocycles. The first-order valence-corrected chi connectivity index (χ1v) is 10.5. The molecule has 1 unspecified atom stereocenters. The summed E-state index contributed by atoms with van der Waals surface area (Å²) in [7, 11) is 0. The van der Waals surface area contributed by atoms with E-state index in [9.17, 15) is 4.79 Å². The van der Waals surface area contributed by atoms with E-state index in [-0.39, 0.29) is 5.78 Å². The number of nitrogens with zero attached hydrogens (tertiary/aromatic N) is 1. The van der Waals surface area contributed by atoms with Gasteiger partial charge in [-0.2, -0.15) is 0 Å². The summed E-state index contributed by atoms with van der Waals surface area (Å²) in [5, 5.41) is 0.849. The van der Waals surface area contributed by atoms with Crippen LogP contribution in [0.3, 0.4) is 0 Å². The predicted octanol–water partition coefficient (Wildman–Crippen LogP) is 4.89. The lowest BCUT2D eigenvalue weighted by Gasteiger charge is -2.18. The minimum absolute atomic E-state index is 0.188. The third-order valence-electron chi connectivity index (χ3n) is 5.14. The molecule has 26 heavy (non-hydrogen) atoms. The second-order valence-electron chi connectivity index (χ2n) is 6.84. The molecule has 0 bridgehead atoms. The summed E-state index contributed by atoms with van der Waals surface area (Å²) in [6, 6.07) is 13.9. The number of hydrogen-bond donors (Lipinski definition) is 0. The van der Waals surface area contributed by atoms with E-state index in [0.717, 1.165) is 53.0 Å². The lowest BCUT2D eigenvalue weighted by atomic mass is 9.98. The molecule has 0 aliphatic carbocycles. The van der Waals surface area contributed by atoms with Crippen LogP contribution < -0.4 is 4.74 Å². The van der Waals surface area contributed by atoms with Crippen LogP contribution >= 0.6 is 23.4 Å². The van der Waals surface area contributed by atoms with Gasteiger partial charge in [0.2, 0.25) is 0 Å². The molecule has 2 heterocycles. The normalized spacial score (nSPS) is 19.8. The Morgan fingerprint density at radius 1 is 1.27 bits per heavy atom. The number of thioether (sulfide) groups is 1. The monoisotopic (exact) mass is 387 g/mol. The van der Waals surface area contributed by atoms with E-state index in [1.165, 1.54) is 5.56 Å². The van der Waals surface area contributed by atoms with Crippen molar-refractivity contribution < 1.29 is 9.53 Å². The molecule has 2 aliphatic rings. The fourth-order valence-corrected chi connectivity index (χ4v) is 4.82. The number of Topliss-reactive ketones (excluding diaryl/α,β-unsaturated/α-hetero) is 1. The first kappa shape index (κ1) is 17.9. The third kappa shape index (κ3) is 3.93. The molecule has 5 heteroatoms. The summed E-state index contributed by atoms with van der Waals surface area (Å²) in [4.78, 5) is 16.1. The number of carbonyl (C=O) groups excluding carboxylic acids is 1. The predicted molar refractivity (Wildman–Crippen MR) is 107 cm³/mol. The molecule has 0 radical (unpaired) electrons. The fraction of sp³-hybridized carbons (Fsp3) is 0.381. The van der Waals surface area contributed by atoms with Gasteiger partial charge in [-0.3, -0.25) is 4.79 Å². The van der Waals surface area contributed by atoms with Gasteiger partial charge in [0.1, 0.15) is 5.75 Å². The van der Waals surface area contributed by atoms with Gasteiger partial charge in [-0.25, -0.2) is 0 Å². The van der Waals surface area contributed by atoms with Crippen LogP contribution in [0.25, 0.3) is 0 Å². The molecule has 2 aromatic carbocycles. The quantitative estimate of drug-likeness (QED) is 0.683. The maximum Gasteiger partial charge on any atom is 0.164 e. The van der Waals surface area contributed by atoms with Crippen molar-refractivity contribution in [3.8, 4) is 5.75 Å². The Morgan fingerprint density at radius 2 is 2.15 bits per heavy atom. The SMILES string of the molecule is O=C(CCN1CCC(c2ccccc2Cl)C1)c1ccc2c(c1)OCCS2. The minimum atomic E-state index is 0.188. The highest BCUT2D eigenvalue weighted by Gasteiger charge is 2.25. The number of ketones is 1. The van der Waals surface area contributed by atoms with Gasteiger partial charge in [0.15, 0.2) is 5.78 Å². The lowest BCUT2D eigenvalue weighted by molar-refractivity contribution is 0.0968. The second kappa shape index (κ2) is 8.03. The Labute approximate surface area is 163 Å². The van der Waals surface area contributed by atoms with Crippen molar-refractivity contribution >= 4 is 29.1 Å². The van der Waals surface area contributed by atoms with Crippen molar-refractivity contribution in [2.24, 2.45) is 0 Å². The van der Waals surface area contributed by atoms with Gasteiger partial charge in [0.05, 0.1) is 6.61 Å². The molecule has 1 saturated heterocycles. The van der Waals surface area contributed by atoms with Crippen molar-refractivity contribution in [2.75, 3.05) is 32.0 Å². The number of benzene rings is 2. The number of halogens is 1. The van der Waals surface area contributed by atoms with Crippen LogP contribution in [0.4, 0.5) is 0 Å². The maximum absolute atomic E-state index is 12.6. The largest absolute Gasteiger partial charge is 0.492 e. The molecule has 2 aromatic rings. The first-order chi connectivity index (χ1) is 12.7. The van der Waals surface area contributed by atoms with Crippen LogP contribution in [0, 0.1) is 0 Å². The van der Waals surface area contributed by atoms with Crippen LogP contribution in [-0.2, 0) is 0 Å². The summed E-state index contributed by atoms with van der Waals surface area (Å²) in [5.74, 6) is 2.48. The zero-order chi connectivity index (χ0) is 17.9. The molecule has 4 rings (SSSR count). The van der Waals surface area contributed by atoms with Gasteiger partial charge in [-0.05, 0) is 42.6 Å². The highest BCUT2D eigenvalue weighted by molar-refractivity contribution is 7.99.